The van der Waals surface area contributed by atoms with Gasteiger partial charge in [-0.25, -0.2) is 4.98 Å². The highest BCUT2D eigenvalue weighted by molar-refractivity contribution is 9.10. The molecule has 0 saturated carbocycles. The minimum Gasteiger partial charge on any atom is -0.384 e. The molecule has 1 saturated heterocycles. The number of nitrogens with zero attached hydrogens (tertiary/aromatic N) is 6. The number of anilines is 1. The highest BCUT2D eigenvalue weighted by atomic mass is 79.9. The number of aliphatic hydroxyl groups excluding tert-OH is 1. The van der Waals surface area contributed by atoms with Crippen molar-refractivity contribution < 1.29 is 9.90 Å². The minimum atomic E-state index is -0.970. The largest absolute Gasteiger partial charge is 0.384 e. The van der Waals surface area contributed by atoms with E-state index in [1.165, 1.54) is 6.92 Å². The number of halogens is 1. The molecule has 4 rings (SSSR count). The molecule has 0 unspecified atom stereocenters. The molecule has 0 radical (unpaired) electrons. The van der Waals surface area contributed by atoms with Gasteiger partial charge in [0.2, 0.25) is 0 Å². The lowest BCUT2D eigenvalue weighted by atomic mass is 9.93. The Labute approximate surface area is 170 Å². The third kappa shape index (κ3) is 3.16. The molecule has 3 aromatic heterocycles. The summed E-state index contributed by atoms with van der Waals surface area (Å²) in [5, 5.41) is 18.1. The van der Waals surface area contributed by atoms with Crippen molar-refractivity contribution in [2.24, 2.45) is 7.05 Å². The summed E-state index contributed by atoms with van der Waals surface area (Å²) >= 11 is 3.59. The molecule has 0 aliphatic carbocycles. The first-order valence-corrected chi connectivity index (χ1v) is 9.94. The van der Waals surface area contributed by atoms with Crippen molar-refractivity contribution in [2.45, 2.75) is 31.8 Å². The predicted molar refractivity (Wildman–Crippen MR) is 108 cm³/mol. The Kier molecular flexibility index (Phi) is 4.84. The third-order valence-electron chi connectivity index (χ3n) is 5.21. The molecule has 1 aliphatic heterocycles. The van der Waals surface area contributed by atoms with Crippen LogP contribution in [0.2, 0.25) is 0 Å². The van der Waals surface area contributed by atoms with E-state index in [9.17, 15) is 9.90 Å². The molecule has 10 heteroatoms. The van der Waals surface area contributed by atoms with Gasteiger partial charge in [-0.15, -0.1) is 0 Å². The number of piperidine rings is 1. The number of hydrogen-bond acceptors (Lipinski definition) is 6. The molecule has 148 valence electrons. The van der Waals surface area contributed by atoms with Gasteiger partial charge >= 0.3 is 0 Å². The number of nitrogens with two attached hydrogens (primary N) is 1. The minimum absolute atomic E-state index is 0.163. The number of amides is 1. The normalized spacial score (nSPS) is 16.6. The molecule has 0 spiro atoms. The standard InChI is InChI=1S/C18H22BrN7O2/c1-10(27)18(28)25-5-3-11(4-6-25)15-14(19)16(20)26-17(23-15)13(8-22-26)12-7-21-24(2)9-12/h7-11,27H,3-6,20H2,1-2H3/t10-/m1/s1. The summed E-state index contributed by atoms with van der Waals surface area (Å²) in [7, 11) is 1.86. The Morgan fingerprint density at radius 2 is 2.04 bits per heavy atom. The predicted octanol–water partition coefficient (Wildman–Crippen LogP) is 1.56. The number of aromatic nitrogens is 5. The van der Waals surface area contributed by atoms with Crippen molar-refractivity contribution in [3.05, 3.63) is 28.8 Å². The number of carbonyl (C=O) groups excluding carboxylic acids is 1. The quantitative estimate of drug-likeness (QED) is 0.629. The number of likely N-dealkylation sites (tertiary alicyclic amines) is 1. The average Bonchev–Trinajstić information content (AvgIpc) is 3.30. The van der Waals surface area contributed by atoms with Gasteiger partial charge in [0, 0.05) is 43.4 Å². The molecule has 1 atom stereocenters. The van der Waals surface area contributed by atoms with Crippen molar-refractivity contribution >= 4 is 33.3 Å². The van der Waals surface area contributed by atoms with E-state index in [4.69, 9.17) is 10.7 Å². The fraction of sp³-hybridized carbons (Fsp3) is 0.444. The Balaban J connectivity index is 1.68. The van der Waals surface area contributed by atoms with Crippen molar-refractivity contribution in [1.29, 1.82) is 0 Å². The maximum atomic E-state index is 12.0. The molecule has 3 aromatic rings. The van der Waals surface area contributed by atoms with Gasteiger partial charge in [-0.2, -0.15) is 14.7 Å². The Morgan fingerprint density at radius 3 is 2.64 bits per heavy atom. The van der Waals surface area contributed by atoms with Crippen molar-refractivity contribution in [3.8, 4) is 11.1 Å². The lowest BCUT2D eigenvalue weighted by molar-refractivity contribution is -0.140. The number of aryl methyl sites for hydroxylation is 1. The van der Waals surface area contributed by atoms with E-state index in [2.05, 4.69) is 26.1 Å². The fourth-order valence-corrected chi connectivity index (χ4v) is 4.27. The summed E-state index contributed by atoms with van der Waals surface area (Å²) < 4.78 is 4.10. The van der Waals surface area contributed by atoms with Gasteiger partial charge in [-0.05, 0) is 35.7 Å². The van der Waals surface area contributed by atoms with Crippen LogP contribution in [-0.2, 0) is 11.8 Å². The van der Waals surface area contributed by atoms with Gasteiger partial charge in [0.15, 0.2) is 5.65 Å². The number of hydrogen-bond donors (Lipinski definition) is 2. The van der Waals surface area contributed by atoms with Gasteiger partial charge < -0.3 is 15.7 Å². The van der Waals surface area contributed by atoms with Crippen LogP contribution >= 0.6 is 15.9 Å². The van der Waals surface area contributed by atoms with Crippen LogP contribution in [0.1, 0.15) is 31.4 Å². The second-order valence-electron chi connectivity index (χ2n) is 7.17. The molecule has 28 heavy (non-hydrogen) atoms. The van der Waals surface area contributed by atoms with E-state index in [0.29, 0.717) is 24.6 Å². The van der Waals surface area contributed by atoms with E-state index in [0.717, 1.165) is 34.1 Å². The maximum Gasteiger partial charge on any atom is 0.251 e. The lowest BCUT2D eigenvalue weighted by Crippen LogP contribution is -2.42. The summed E-state index contributed by atoms with van der Waals surface area (Å²) in [6, 6.07) is 0. The topological polar surface area (TPSA) is 115 Å². The summed E-state index contributed by atoms with van der Waals surface area (Å²) in [6.07, 6.45) is 5.98. The molecule has 0 bridgehead atoms. The molecule has 1 fully saturated rings. The van der Waals surface area contributed by atoms with E-state index in [1.54, 1.807) is 26.5 Å². The van der Waals surface area contributed by atoms with Gasteiger partial charge in [0.1, 0.15) is 11.9 Å². The number of fused-ring (bicyclic) bond motifs is 1. The van der Waals surface area contributed by atoms with E-state index in [1.807, 2.05) is 13.2 Å². The highest BCUT2D eigenvalue weighted by Crippen LogP contribution is 2.36. The lowest BCUT2D eigenvalue weighted by Gasteiger charge is -2.33. The molecule has 3 N–H and O–H groups in total. The van der Waals surface area contributed by atoms with Gasteiger partial charge in [0.25, 0.3) is 5.91 Å². The SMILES string of the molecule is C[C@@H](O)C(=O)N1CCC(c2nc3c(-c4cnn(C)c4)cnn3c(N)c2Br)CC1. The Bertz CT molecular complexity index is 1030. The molecule has 1 aliphatic rings. The Hall–Kier alpha value is -2.46. The van der Waals surface area contributed by atoms with Crippen LogP contribution < -0.4 is 5.73 Å². The summed E-state index contributed by atoms with van der Waals surface area (Å²) in [6.45, 7) is 2.67. The number of aliphatic hydroxyl groups is 1. The number of nitrogen functional groups attached to an aromatic ring is 1. The zero-order chi connectivity index (χ0) is 20.0. The number of carbonyl (C=O) groups is 1. The zero-order valence-corrected chi connectivity index (χ0v) is 17.3. The van der Waals surface area contributed by atoms with Crippen LogP contribution in [0.3, 0.4) is 0 Å². The second kappa shape index (κ2) is 7.17. The van der Waals surface area contributed by atoms with E-state index >= 15 is 0 Å². The molecule has 9 nitrogen and oxygen atoms in total. The third-order valence-corrected chi connectivity index (χ3v) is 6.03. The molecular formula is C18H22BrN7O2. The number of rotatable bonds is 3. The van der Waals surface area contributed by atoms with Crippen molar-refractivity contribution in [2.75, 3.05) is 18.8 Å². The van der Waals surface area contributed by atoms with E-state index < -0.39 is 6.10 Å². The zero-order valence-electron chi connectivity index (χ0n) is 15.7. The molecule has 4 heterocycles. The summed E-state index contributed by atoms with van der Waals surface area (Å²) in [5.74, 6) is 0.434. The van der Waals surface area contributed by atoms with Crippen LogP contribution in [0.5, 0.6) is 0 Å². The second-order valence-corrected chi connectivity index (χ2v) is 7.96. The molecule has 0 aromatic carbocycles. The van der Waals surface area contributed by atoms with Crippen LogP contribution in [0.15, 0.2) is 23.1 Å². The summed E-state index contributed by atoms with van der Waals surface area (Å²) in [4.78, 5) is 18.6. The van der Waals surface area contributed by atoms with E-state index in [-0.39, 0.29) is 11.8 Å². The Morgan fingerprint density at radius 1 is 1.32 bits per heavy atom. The smallest absolute Gasteiger partial charge is 0.251 e. The van der Waals surface area contributed by atoms with Gasteiger partial charge in [0.05, 0.1) is 22.6 Å². The van der Waals surface area contributed by atoms with Gasteiger partial charge in [-0.1, -0.05) is 0 Å². The first kappa shape index (κ1) is 18.9. The van der Waals surface area contributed by atoms with Crippen LogP contribution in [0.25, 0.3) is 16.8 Å². The molecule has 1 amide bonds. The average molecular weight is 448 g/mol. The maximum absolute atomic E-state index is 12.0. The fourth-order valence-electron chi connectivity index (χ4n) is 3.69. The first-order chi connectivity index (χ1) is 13.4. The highest BCUT2D eigenvalue weighted by Gasteiger charge is 2.29. The first-order valence-electron chi connectivity index (χ1n) is 9.15. The van der Waals surface area contributed by atoms with Gasteiger partial charge in [-0.3, -0.25) is 9.48 Å². The molecular weight excluding hydrogens is 426 g/mol. The monoisotopic (exact) mass is 447 g/mol. The van der Waals surface area contributed by atoms with Crippen molar-refractivity contribution in [3.63, 3.8) is 0 Å². The van der Waals surface area contributed by atoms with Crippen LogP contribution in [0, 0.1) is 0 Å². The van der Waals surface area contributed by atoms with Crippen LogP contribution in [0.4, 0.5) is 5.82 Å². The van der Waals surface area contributed by atoms with Crippen LogP contribution in [-0.4, -0.2) is 59.5 Å². The summed E-state index contributed by atoms with van der Waals surface area (Å²) in [5.41, 5.74) is 9.69. The van der Waals surface area contributed by atoms with Crippen molar-refractivity contribution in [1.82, 2.24) is 29.3 Å².